The van der Waals surface area contributed by atoms with E-state index in [0.717, 1.165) is 19.6 Å². The summed E-state index contributed by atoms with van der Waals surface area (Å²) in [6, 6.07) is 11.3. The van der Waals surface area contributed by atoms with E-state index in [0.29, 0.717) is 6.04 Å². The van der Waals surface area contributed by atoms with Gasteiger partial charge >= 0.3 is 0 Å². The van der Waals surface area contributed by atoms with Crippen molar-refractivity contribution in [2.45, 2.75) is 39.3 Å². The summed E-state index contributed by atoms with van der Waals surface area (Å²) in [5.41, 5.74) is 1.39. The van der Waals surface area contributed by atoms with Crippen LogP contribution in [0.3, 0.4) is 0 Å². The van der Waals surface area contributed by atoms with Crippen LogP contribution in [0.5, 0.6) is 0 Å². The maximum absolute atomic E-state index is 3.52. The molecule has 1 aromatic carbocycles. The fraction of sp³-hybridized carbons (Fsp3) is 0.600. The van der Waals surface area contributed by atoms with Crippen LogP contribution in [-0.2, 0) is 6.54 Å². The molecule has 96 valence electrons. The first-order valence-corrected chi connectivity index (χ1v) is 6.68. The second-order valence-electron chi connectivity index (χ2n) is 4.87. The van der Waals surface area contributed by atoms with Crippen LogP contribution < -0.4 is 5.32 Å². The Bertz CT molecular complexity index is 284. The van der Waals surface area contributed by atoms with Crippen LogP contribution in [0.15, 0.2) is 30.3 Å². The van der Waals surface area contributed by atoms with E-state index >= 15 is 0 Å². The van der Waals surface area contributed by atoms with Crippen LogP contribution in [0.1, 0.15) is 32.3 Å². The molecule has 1 N–H and O–H groups in total. The molecule has 0 aliphatic carbocycles. The Kier molecular flexibility index (Phi) is 6.90. The highest BCUT2D eigenvalue weighted by Crippen LogP contribution is 2.03. The summed E-state index contributed by atoms with van der Waals surface area (Å²) in [5, 5.41) is 3.52. The van der Waals surface area contributed by atoms with Crippen LogP contribution in [0.2, 0.25) is 0 Å². The van der Waals surface area contributed by atoms with Crippen molar-refractivity contribution >= 4 is 0 Å². The lowest BCUT2D eigenvalue weighted by Crippen LogP contribution is -2.31. The quantitative estimate of drug-likeness (QED) is 0.744. The lowest BCUT2D eigenvalue weighted by atomic mass is 10.2. The molecule has 0 saturated heterocycles. The zero-order valence-electron chi connectivity index (χ0n) is 11.4. The summed E-state index contributed by atoms with van der Waals surface area (Å²) in [5.74, 6) is 0. The lowest BCUT2D eigenvalue weighted by molar-refractivity contribution is 0.304. The van der Waals surface area contributed by atoms with E-state index in [9.17, 15) is 0 Å². The van der Waals surface area contributed by atoms with Crippen LogP contribution >= 0.6 is 0 Å². The number of benzene rings is 1. The molecule has 1 rings (SSSR count). The van der Waals surface area contributed by atoms with Crippen molar-refractivity contribution in [1.29, 1.82) is 0 Å². The predicted molar refractivity (Wildman–Crippen MR) is 75.1 cm³/mol. The molecule has 0 aromatic heterocycles. The monoisotopic (exact) mass is 234 g/mol. The number of rotatable bonds is 8. The number of nitrogens with one attached hydrogen (secondary N) is 1. The topological polar surface area (TPSA) is 15.3 Å². The molecule has 0 saturated carbocycles. The third-order valence-electron chi connectivity index (χ3n) is 2.98. The van der Waals surface area contributed by atoms with Gasteiger partial charge in [0.05, 0.1) is 0 Å². The third-order valence-corrected chi connectivity index (χ3v) is 2.98. The molecule has 2 nitrogen and oxygen atoms in total. The molecule has 1 unspecified atom stereocenters. The van der Waals surface area contributed by atoms with E-state index in [1.807, 2.05) is 0 Å². The van der Waals surface area contributed by atoms with Gasteiger partial charge in [-0.2, -0.15) is 0 Å². The second kappa shape index (κ2) is 8.26. The Morgan fingerprint density at radius 2 is 1.94 bits per heavy atom. The van der Waals surface area contributed by atoms with Crippen molar-refractivity contribution in [2.75, 3.05) is 20.1 Å². The van der Waals surface area contributed by atoms with Gasteiger partial charge in [-0.3, -0.25) is 0 Å². The molecule has 2 heteroatoms. The van der Waals surface area contributed by atoms with Gasteiger partial charge in [0.1, 0.15) is 0 Å². The van der Waals surface area contributed by atoms with Gasteiger partial charge in [0.25, 0.3) is 0 Å². The average molecular weight is 234 g/mol. The Hall–Kier alpha value is -0.860. The van der Waals surface area contributed by atoms with E-state index < -0.39 is 0 Å². The summed E-state index contributed by atoms with van der Waals surface area (Å²) in [4.78, 5) is 2.39. The largest absolute Gasteiger partial charge is 0.314 e. The Morgan fingerprint density at radius 1 is 1.24 bits per heavy atom. The molecule has 0 fully saturated rings. The number of hydrogen-bond acceptors (Lipinski definition) is 2. The molecule has 0 radical (unpaired) electrons. The van der Waals surface area contributed by atoms with Crippen molar-refractivity contribution in [3.8, 4) is 0 Å². The van der Waals surface area contributed by atoms with Crippen molar-refractivity contribution in [3.05, 3.63) is 35.9 Å². The van der Waals surface area contributed by atoms with E-state index in [4.69, 9.17) is 0 Å². The smallest absolute Gasteiger partial charge is 0.0230 e. The SMILES string of the molecule is CCCNC(C)CCN(C)Cc1ccccc1. The average Bonchev–Trinajstić information content (AvgIpc) is 2.35. The molecule has 1 aromatic rings. The highest BCUT2D eigenvalue weighted by Gasteiger charge is 2.04. The van der Waals surface area contributed by atoms with E-state index in [1.165, 1.54) is 18.4 Å². The third kappa shape index (κ3) is 6.44. The second-order valence-corrected chi connectivity index (χ2v) is 4.87. The van der Waals surface area contributed by atoms with Crippen molar-refractivity contribution in [3.63, 3.8) is 0 Å². The molecule has 17 heavy (non-hydrogen) atoms. The molecule has 0 heterocycles. The maximum atomic E-state index is 3.52. The van der Waals surface area contributed by atoms with Crippen LogP contribution in [0.4, 0.5) is 0 Å². The molecule has 1 atom stereocenters. The summed E-state index contributed by atoms with van der Waals surface area (Å²) in [6.07, 6.45) is 2.42. The first-order chi connectivity index (χ1) is 8.22. The van der Waals surface area contributed by atoms with Crippen LogP contribution in [0.25, 0.3) is 0 Å². The predicted octanol–water partition coefficient (Wildman–Crippen LogP) is 2.90. The molecule has 0 amide bonds. The first kappa shape index (κ1) is 14.2. The van der Waals surface area contributed by atoms with Gasteiger partial charge < -0.3 is 10.2 Å². The van der Waals surface area contributed by atoms with Gasteiger partial charge in [0.15, 0.2) is 0 Å². The van der Waals surface area contributed by atoms with E-state index in [-0.39, 0.29) is 0 Å². The summed E-state index contributed by atoms with van der Waals surface area (Å²) >= 11 is 0. The zero-order chi connectivity index (χ0) is 12.5. The molecular weight excluding hydrogens is 208 g/mol. The Morgan fingerprint density at radius 3 is 2.59 bits per heavy atom. The Labute approximate surface area is 106 Å². The fourth-order valence-corrected chi connectivity index (χ4v) is 1.88. The lowest BCUT2D eigenvalue weighted by Gasteiger charge is -2.20. The van der Waals surface area contributed by atoms with Crippen LogP contribution in [0, 0.1) is 0 Å². The van der Waals surface area contributed by atoms with Gasteiger partial charge in [0.2, 0.25) is 0 Å². The minimum absolute atomic E-state index is 0.619. The fourth-order valence-electron chi connectivity index (χ4n) is 1.88. The van der Waals surface area contributed by atoms with Gasteiger partial charge in [-0.25, -0.2) is 0 Å². The number of nitrogens with zero attached hydrogens (tertiary/aromatic N) is 1. The standard InChI is InChI=1S/C15H26N2/c1-4-11-16-14(2)10-12-17(3)13-15-8-6-5-7-9-15/h5-9,14,16H,4,10-13H2,1-3H3. The van der Waals surface area contributed by atoms with E-state index in [1.54, 1.807) is 0 Å². The molecule has 0 bridgehead atoms. The van der Waals surface area contributed by atoms with E-state index in [2.05, 4.69) is 61.4 Å². The summed E-state index contributed by atoms with van der Waals surface area (Å²) in [6.45, 7) is 7.80. The van der Waals surface area contributed by atoms with Gasteiger partial charge in [-0.1, -0.05) is 37.3 Å². The van der Waals surface area contributed by atoms with Gasteiger partial charge in [0, 0.05) is 12.6 Å². The maximum Gasteiger partial charge on any atom is 0.0230 e. The molecule has 0 aliphatic rings. The van der Waals surface area contributed by atoms with Crippen LogP contribution in [-0.4, -0.2) is 31.1 Å². The Balaban J connectivity index is 2.19. The minimum atomic E-state index is 0.619. The highest BCUT2D eigenvalue weighted by molar-refractivity contribution is 5.14. The van der Waals surface area contributed by atoms with Gasteiger partial charge in [-0.15, -0.1) is 0 Å². The van der Waals surface area contributed by atoms with Gasteiger partial charge in [-0.05, 0) is 45.5 Å². The minimum Gasteiger partial charge on any atom is -0.314 e. The molecule has 0 aliphatic heterocycles. The molecule has 0 spiro atoms. The van der Waals surface area contributed by atoms with Crippen molar-refractivity contribution in [2.24, 2.45) is 0 Å². The summed E-state index contributed by atoms with van der Waals surface area (Å²) < 4.78 is 0. The van der Waals surface area contributed by atoms with Crippen molar-refractivity contribution in [1.82, 2.24) is 10.2 Å². The summed E-state index contributed by atoms with van der Waals surface area (Å²) in [7, 11) is 2.19. The highest BCUT2D eigenvalue weighted by atomic mass is 15.1. The zero-order valence-corrected chi connectivity index (χ0v) is 11.4. The number of hydrogen-bond donors (Lipinski definition) is 1. The van der Waals surface area contributed by atoms with Crippen molar-refractivity contribution < 1.29 is 0 Å². The first-order valence-electron chi connectivity index (χ1n) is 6.68. The normalized spacial score (nSPS) is 12.9. The molecular formula is C15H26N2.